The maximum Gasteiger partial charge on any atom is 0.239 e. The molecule has 0 bridgehead atoms. The number of amides is 1. The lowest BCUT2D eigenvalue weighted by molar-refractivity contribution is -0.116. The van der Waals surface area contributed by atoms with Gasteiger partial charge in [-0.1, -0.05) is 66.7 Å². The molecule has 160 valence electrons. The number of methoxy groups -OCH3 is 1. The second-order valence-electron chi connectivity index (χ2n) is 6.79. The average Bonchev–Trinajstić information content (AvgIpc) is 2.79. The Morgan fingerprint density at radius 1 is 0.968 bits per heavy atom. The molecule has 0 heterocycles. The summed E-state index contributed by atoms with van der Waals surface area (Å²) in [5, 5.41) is 3.86. The van der Waals surface area contributed by atoms with Gasteiger partial charge in [0.25, 0.3) is 0 Å². The van der Waals surface area contributed by atoms with Crippen molar-refractivity contribution in [2.75, 3.05) is 19.0 Å². The third-order valence-corrected chi connectivity index (χ3v) is 5.93. The van der Waals surface area contributed by atoms with E-state index in [0.29, 0.717) is 11.4 Å². The lowest BCUT2D eigenvalue weighted by Crippen LogP contribution is -2.36. The van der Waals surface area contributed by atoms with E-state index in [1.807, 2.05) is 60.7 Å². The Kier molecular flexibility index (Phi) is 7.59. The quantitative estimate of drug-likeness (QED) is 0.547. The lowest BCUT2D eigenvalue weighted by Gasteiger charge is -2.20. The molecule has 0 fully saturated rings. The van der Waals surface area contributed by atoms with E-state index in [2.05, 4.69) is 5.32 Å². The zero-order valence-corrected chi connectivity index (χ0v) is 18.0. The second-order valence-corrected chi connectivity index (χ2v) is 8.61. The molecule has 0 saturated carbocycles. The first-order valence-electron chi connectivity index (χ1n) is 9.67. The standard InChI is InChI=1S/C24H24N2O4S/c1-30-23-14-8-13-22(17-23)25-24(27)19-26(18-21-11-6-3-7-12-21)31(28,29)16-15-20-9-4-2-5-10-20/h2-17H,18-19H2,1H3,(H,25,27)/b16-15+. The Balaban J connectivity index is 1.79. The van der Waals surface area contributed by atoms with Crippen LogP contribution in [0.25, 0.3) is 6.08 Å². The number of benzene rings is 3. The predicted octanol–water partition coefficient (Wildman–Crippen LogP) is 4.14. The van der Waals surface area contributed by atoms with Crippen LogP contribution in [0.1, 0.15) is 11.1 Å². The van der Waals surface area contributed by atoms with E-state index < -0.39 is 15.9 Å². The first-order chi connectivity index (χ1) is 15.0. The van der Waals surface area contributed by atoms with Crippen LogP contribution < -0.4 is 10.1 Å². The van der Waals surface area contributed by atoms with Gasteiger partial charge in [-0.2, -0.15) is 4.31 Å². The van der Waals surface area contributed by atoms with E-state index in [0.717, 1.165) is 20.8 Å². The molecule has 0 aliphatic heterocycles. The van der Waals surface area contributed by atoms with Gasteiger partial charge < -0.3 is 10.1 Å². The largest absolute Gasteiger partial charge is 0.497 e. The number of ether oxygens (including phenoxy) is 1. The molecule has 6 nitrogen and oxygen atoms in total. The van der Waals surface area contributed by atoms with Crippen LogP contribution in [0, 0.1) is 0 Å². The summed E-state index contributed by atoms with van der Waals surface area (Å²) in [5.41, 5.74) is 2.07. The average molecular weight is 437 g/mol. The fraction of sp³-hybridized carbons (Fsp3) is 0.125. The van der Waals surface area contributed by atoms with E-state index in [9.17, 15) is 13.2 Å². The molecule has 0 aliphatic rings. The summed E-state index contributed by atoms with van der Waals surface area (Å²) in [6.45, 7) is -0.249. The van der Waals surface area contributed by atoms with Crippen molar-refractivity contribution >= 4 is 27.7 Å². The Morgan fingerprint density at radius 3 is 2.32 bits per heavy atom. The lowest BCUT2D eigenvalue weighted by atomic mass is 10.2. The molecule has 0 spiro atoms. The maximum atomic E-state index is 13.0. The number of nitrogens with zero attached hydrogens (tertiary/aromatic N) is 1. The van der Waals surface area contributed by atoms with Crippen LogP contribution in [0.2, 0.25) is 0 Å². The zero-order chi connectivity index (χ0) is 22.1. The summed E-state index contributed by atoms with van der Waals surface area (Å²) in [6.07, 6.45) is 1.52. The van der Waals surface area contributed by atoms with Crippen LogP contribution >= 0.6 is 0 Å². The van der Waals surface area contributed by atoms with Gasteiger partial charge in [0, 0.05) is 23.7 Å². The van der Waals surface area contributed by atoms with Gasteiger partial charge in [-0.15, -0.1) is 0 Å². The van der Waals surface area contributed by atoms with Crippen LogP contribution in [0.3, 0.4) is 0 Å². The van der Waals surface area contributed by atoms with Crippen molar-refractivity contribution in [3.63, 3.8) is 0 Å². The number of carbonyl (C=O) groups is 1. The van der Waals surface area contributed by atoms with Crippen molar-refractivity contribution in [2.45, 2.75) is 6.54 Å². The molecular weight excluding hydrogens is 412 g/mol. The number of anilines is 1. The monoisotopic (exact) mass is 436 g/mol. The highest BCUT2D eigenvalue weighted by molar-refractivity contribution is 7.92. The number of carbonyl (C=O) groups excluding carboxylic acids is 1. The van der Waals surface area contributed by atoms with Crippen molar-refractivity contribution in [2.24, 2.45) is 0 Å². The Morgan fingerprint density at radius 2 is 1.65 bits per heavy atom. The van der Waals surface area contributed by atoms with Crippen molar-refractivity contribution in [3.8, 4) is 5.75 Å². The fourth-order valence-corrected chi connectivity index (χ4v) is 4.03. The van der Waals surface area contributed by atoms with Gasteiger partial charge in [-0.05, 0) is 29.3 Å². The number of rotatable bonds is 9. The number of hydrogen-bond acceptors (Lipinski definition) is 4. The molecule has 0 aliphatic carbocycles. The highest BCUT2D eigenvalue weighted by Gasteiger charge is 2.23. The highest BCUT2D eigenvalue weighted by atomic mass is 32.2. The van der Waals surface area contributed by atoms with Crippen LogP contribution in [-0.2, 0) is 21.4 Å². The molecule has 3 aromatic rings. The van der Waals surface area contributed by atoms with Gasteiger partial charge in [-0.3, -0.25) is 4.79 Å². The zero-order valence-electron chi connectivity index (χ0n) is 17.1. The first-order valence-corrected chi connectivity index (χ1v) is 11.2. The number of hydrogen-bond donors (Lipinski definition) is 1. The molecule has 0 unspecified atom stereocenters. The summed E-state index contributed by atoms with van der Waals surface area (Å²) in [5.74, 6) is 0.151. The fourth-order valence-electron chi connectivity index (χ4n) is 2.90. The molecule has 1 amide bonds. The smallest absolute Gasteiger partial charge is 0.239 e. The van der Waals surface area contributed by atoms with Crippen molar-refractivity contribution in [1.82, 2.24) is 4.31 Å². The topological polar surface area (TPSA) is 75.7 Å². The molecule has 0 aromatic heterocycles. The molecule has 3 rings (SSSR count). The number of sulfonamides is 1. The van der Waals surface area contributed by atoms with E-state index in [4.69, 9.17) is 4.74 Å². The minimum absolute atomic E-state index is 0.0772. The third kappa shape index (κ3) is 6.80. The molecule has 1 N–H and O–H groups in total. The summed E-state index contributed by atoms with van der Waals surface area (Å²) >= 11 is 0. The predicted molar refractivity (Wildman–Crippen MR) is 123 cm³/mol. The highest BCUT2D eigenvalue weighted by Crippen LogP contribution is 2.18. The molecule has 31 heavy (non-hydrogen) atoms. The Hall–Kier alpha value is -3.42. The van der Waals surface area contributed by atoms with Crippen LogP contribution in [-0.4, -0.2) is 32.3 Å². The van der Waals surface area contributed by atoms with Crippen molar-refractivity contribution in [3.05, 3.63) is 101 Å². The van der Waals surface area contributed by atoms with Gasteiger partial charge in [-0.25, -0.2) is 8.42 Å². The SMILES string of the molecule is COc1cccc(NC(=O)CN(Cc2ccccc2)S(=O)(=O)/C=C/c2ccccc2)c1. The van der Waals surface area contributed by atoms with Gasteiger partial charge in [0.15, 0.2) is 0 Å². The summed E-state index contributed by atoms with van der Waals surface area (Å²) in [6, 6.07) is 25.2. The summed E-state index contributed by atoms with van der Waals surface area (Å²) in [4.78, 5) is 12.7. The number of nitrogens with one attached hydrogen (secondary N) is 1. The van der Waals surface area contributed by atoms with E-state index in [1.165, 1.54) is 13.2 Å². The molecule has 7 heteroatoms. The molecular formula is C24H24N2O4S. The summed E-state index contributed by atoms with van der Waals surface area (Å²) in [7, 11) is -2.32. The van der Waals surface area contributed by atoms with Crippen molar-refractivity contribution < 1.29 is 17.9 Å². The third-order valence-electron chi connectivity index (χ3n) is 4.47. The van der Waals surface area contributed by atoms with Gasteiger partial charge in [0.05, 0.1) is 13.7 Å². The minimum atomic E-state index is -3.85. The molecule has 0 saturated heterocycles. The second kappa shape index (κ2) is 10.6. The maximum absolute atomic E-state index is 13.0. The van der Waals surface area contributed by atoms with Gasteiger partial charge >= 0.3 is 0 Å². The summed E-state index contributed by atoms with van der Waals surface area (Å²) < 4.78 is 32.4. The first kappa shape index (κ1) is 22.3. The van der Waals surface area contributed by atoms with Crippen LogP contribution in [0.4, 0.5) is 5.69 Å². The van der Waals surface area contributed by atoms with Gasteiger partial charge in [0.2, 0.25) is 15.9 Å². The van der Waals surface area contributed by atoms with E-state index in [-0.39, 0.29) is 13.1 Å². The molecule has 0 atom stereocenters. The van der Waals surface area contributed by atoms with E-state index in [1.54, 1.807) is 24.3 Å². The normalized spacial score (nSPS) is 11.5. The van der Waals surface area contributed by atoms with Gasteiger partial charge in [0.1, 0.15) is 5.75 Å². The Bertz CT molecular complexity index is 1130. The molecule has 3 aromatic carbocycles. The van der Waals surface area contributed by atoms with E-state index >= 15 is 0 Å². The van der Waals surface area contributed by atoms with Crippen molar-refractivity contribution in [1.29, 1.82) is 0 Å². The van der Waals surface area contributed by atoms with Crippen LogP contribution in [0.15, 0.2) is 90.3 Å². The molecule has 0 radical (unpaired) electrons. The minimum Gasteiger partial charge on any atom is -0.497 e. The Labute approximate surface area is 182 Å². The van der Waals surface area contributed by atoms with Crippen LogP contribution in [0.5, 0.6) is 5.75 Å².